The van der Waals surface area contributed by atoms with Crippen molar-refractivity contribution in [2.75, 3.05) is 31.1 Å². The summed E-state index contributed by atoms with van der Waals surface area (Å²) in [5, 5.41) is 11.5. The summed E-state index contributed by atoms with van der Waals surface area (Å²) < 4.78 is 11.3. The Balaban J connectivity index is 1.88. The summed E-state index contributed by atoms with van der Waals surface area (Å²) in [7, 11) is 0. The van der Waals surface area contributed by atoms with E-state index in [0.717, 1.165) is 32.7 Å². The zero-order valence-corrected chi connectivity index (χ0v) is 12.1. The molecule has 1 aromatic rings. The number of anilines is 1. The zero-order valence-electron chi connectivity index (χ0n) is 12.1. The molecule has 1 N–H and O–H groups in total. The molecule has 1 aliphatic rings. The van der Waals surface area contributed by atoms with E-state index in [4.69, 9.17) is 9.15 Å². The predicted molar refractivity (Wildman–Crippen MR) is 73.1 cm³/mol. The normalized spacial score (nSPS) is 20.8. The molecule has 6 nitrogen and oxygen atoms in total. The number of hydrogen-bond donors (Lipinski definition) is 1. The van der Waals surface area contributed by atoms with Gasteiger partial charge in [0.2, 0.25) is 5.89 Å². The second-order valence-corrected chi connectivity index (χ2v) is 5.48. The molecule has 0 spiro atoms. The Morgan fingerprint density at radius 3 is 3.05 bits per heavy atom. The van der Waals surface area contributed by atoms with Gasteiger partial charge >= 0.3 is 6.01 Å². The minimum Gasteiger partial charge on any atom is -0.407 e. The van der Waals surface area contributed by atoms with Crippen LogP contribution in [0.3, 0.4) is 0 Å². The Hall–Kier alpha value is -1.14. The maximum atomic E-state index is 5.69. The van der Waals surface area contributed by atoms with Gasteiger partial charge in [-0.3, -0.25) is 0 Å². The number of nitrogens with zero attached hydrogens (tertiary/aromatic N) is 3. The highest BCUT2D eigenvalue weighted by Gasteiger charge is 2.20. The van der Waals surface area contributed by atoms with Crippen LogP contribution < -0.4 is 10.2 Å². The quantitative estimate of drug-likeness (QED) is 0.871. The zero-order chi connectivity index (χ0) is 13.7. The van der Waals surface area contributed by atoms with Gasteiger partial charge in [-0.2, -0.15) is 0 Å². The molecular weight excluding hydrogens is 244 g/mol. The van der Waals surface area contributed by atoms with Gasteiger partial charge in [0, 0.05) is 19.7 Å². The molecule has 0 aliphatic carbocycles. The molecule has 108 valence electrons. The van der Waals surface area contributed by atoms with Gasteiger partial charge < -0.3 is 19.4 Å². The van der Waals surface area contributed by atoms with Gasteiger partial charge in [-0.05, 0) is 25.8 Å². The lowest BCUT2D eigenvalue weighted by molar-refractivity contribution is 0.0818. The minimum atomic E-state index is 0.205. The van der Waals surface area contributed by atoms with Crippen LogP contribution in [-0.4, -0.2) is 42.5 Å². The molecular formula is C13H24N4O2. The molecule has 1 aromatic heterocycles. The summed E-state index contributed by atoms with van der Waals surface area (Å²) in [6, 6.07) is 0.610. The van der Waals surface area contributed by atoms with E-state index in [-0.39, 0.29) is 6.10 Å². The van der Waals surface area contributed by atoms with Crippen LogP contribution in [0.1, 0.15) is 33.1 Å². The standard InChI is InChI=1S/C13H24N4O2/c1-10(2)7-14-8-12-15-16-13(19-12)17-5-4-6-18-11(3)9-17/h10-11,14H,4-9H2,1-3H3. The molecule has 0 bridgehead atoms. The number of rotatable bonds is 5. The molecule has 0 saturated carbocycles. The highest BCUT2D eigenvalue weighted by Crippen LogP contribution is 2.16. The molecule has 2 heterocycles. The van der Waals surface area contributed by atoms with E-state index in [1.807, 2.05) is 0 Å². The summed E-state index contributed by atoms with van der Waals surface area (Å²) >= 11 is 0. The second kappa shape index (κ2) is 6.86. The predicted octanol–water partition coefficient (Wildman–Crippen LogP) is 1.43. The third-order valence-electron chi connectivity index (χ3n) is 3.01. The van der Waals surface area contributed by atoms with Crippen molar-refractivity contribution in [2.45, 2.75) is 39.8 Å². The van der Waals surface area contributed by atoms with Crippen molar-refractivity contribution in [2.24, 2.45) is 5.92 Å². The van der Waals surface area contributed by atoms with Crippen molar-refractivity contribution >= 4 is 6.01 Å². The van der Waals surface area contributed by atoms with Gasteiger partial charge in [0.1, 0.15) is 0 Å². The molecule has 1 unspecified atom stereocenters. The van der Waals surface area contributed by atoms with Crippen molar-refractivity contribution in [3.05, 3.63) is 5.89 Å². The summed E-state index contributed by atoms with van der Waals surface area (Å²) in [4.78, 5) is 2.11. The fourth-order valence-corrected chi connectivity index (χ4v) is 2.08. The van der Waals surface area contributed by atoms with E-state index < -0.39 is 0 Å². The van der Waals surface area contributed by atoms with Crippen LogP contribution in [0.4, 0.5) is 6.01 Å². The fraction of sp³-hybridized carbons (Fsp3) is 0.846. The van der Waals surface area contributed by atoms with E-state index in [9.17, 15) is 0 Å². The smallest absolute Gasteiger partial charge is 0.318 e. The van der Waals surface area contributed by atoms with Gasteiger partial charge in [-0.25, -0.2) is 0 Å². The van der Waals surface area contributed by atoms with Gasteiger partial charge in [-0.1, -0.05) is 18.9 Å². The second-order valence-electron chi connectivity index (χ2n) is 5.48. The first-order valence-electron chi connectivity index (χ1n) is 7.05. The van der Waals surface area contributed by atoms with E-state index in [2.05, 4.69) is 41.2 Å². The molecule has 2 rings (SSSR count). The van der Waals surface area contributed by atoms with E-state index in [1.54, 1.807) is 0 Å². The van der Waals surface area contributed by atoms with Gasteiger partial charge in [0.25, 0.3) is 0 Å². The summed E-state index contributed by atoms with van der Waals surface area (Å²) in [5.41, 5.74) is 0. The van der Waals surface area contributed by atoms with Gasteiger partial charge in [0.05, 0.1) is 12.6 Å². The van der Waals surface area contributed by atoms with Crippen LogP contribution in [0.15, 0.2) is 4.42 Å². The highest BCUT2D eigenvalue weighted by atomic mass is 16.5. The fourth-order valence-electron chi connectivity index (χ4n) is 2.08. The first-order chi connectivity index (χ1) is 9.15. The topological polar surface area (TPSA) is 63.4 Å². The molecule has 0 amide bonds. The van der Waals surface area contributed by atoms with E-state index in [1.165, 1.54) is 0 Å². The lowest BCUT2D eigenvalue weighted by Gasteiger charge is -2.18. The lowest BCUT2D eigenvalue weighted by Crippen LogP contribution is -2.30. The number of nitrogens with one attached hydrogen (secondary N) is 1. The van der Waals surface area contributed by atoms with Crippen molar-refractivity contribution in [3.8, 4) is 0 Å². The van der Waals surface area contributed by atoms with E-state index >= 15 is 0 Å². The molecule has 1 atom stereocenters. The van der Waals surface area contributed by atoms with Crippen LogP contribution in [-0.2, 0) is 11.3 Å². The van der Waals surface area contributed by atoms with Crippen molar-refractivity contribution < 1.29 is 9.15 Å². The van der Waals surface area contributed by atoms with Crippen LogP contribution in [0.5, 0.6) is 0 Å². The van der Waals surface area contributed by atoms with Crippen molar-refractivity contribution in [1.29, 1.82) is 0 Å². The maximum absolute atomic E-state index is 5.69. The SMILES string of the molecule is CC(C)CNCc1nnc(N2CCCOC(C)C2)o1. The summed E-state index contributed by atoms with van der Waals surface area (Å²) in [6.45, 7) is 10.5. The third-order valence-corrected chi connectivity index (χ3v) is 3.01. The molecule has 1 fully saturated rings. The average Bonchev–Trinajstić information content (AvgIpc) is 2.71. The minimum absolute atomic E-state index is 0.205. The molecule has 0 radical (unpaired) electrons. The maximum Gasteiger partial charge on any atom is 0.318 e. The molecule has 0 aromatic carbocycles. The third kappa shape index (κ3) is 4.47. The average molecular weight is 268 g/mol. The van der Waals surface area contributed by atoms with Crippen molar-refractivity contribution in [1.82, 2.24) is 15.5 Å². The van der Waals surface area contributed by atoms with Crippen molar-refractivity contribution in [3.63, 3.8) is 0 Å². The van der Waals surface area contributed by atoms with E-state index in [0.29, 0.717) is 24.4 Å². The Bertz CT molecular complexity index is 380. The summed E-state index contributed by atoms with van der Waals surface area (Å²) in [6.07, 6.45) is 1.20. The first-order valence-corrected chi connectivity index (χ1v) is 7.05. The Morgan fingerprint density at radius 2 is 2.26 bits per heavy atom. The first kappa shape index (κ1) is 14.3. The Morgan fingerprint density at radius 1 is 1.42 bits per heavy atom. The largest absolute Gasteiger partial charge is 0.407 e. The number of hydrogen-bond acceptors (Lipinski definition) is 6. The molecule has 19 heavy (non-hydrogen) atoms. The van der Waals surface area contributed by atoms with Gasteiger partial charge in [0.15, 0.2) is 0 Å². The highest BCUT2D eigenvalue weighted by molar-refractivity contribution is 5.24. The van der Waals surface area contributed by atoms with Crippen LogP contribution in [0.25, 0.3) is 0 Å². The molecule has 1 saturated heterocycles. The van der Waals surface area contributed by atoms with Crippen LogP contribution in [0.2, 0.25) is 0 Å². The summed E-state index contributed by atoms with van der Waals surface area (Å²) in [5.74, 6) is 1.26. The number of ether oxygens (including phenoxy) is 1. The lowest BCUT2D eigenvalue weighted by atomic mass is 10.2. The van der Waals surface area contributed by atoms with Gasteiger partial charge in [-0.15, -0.1) is 5.10 Å². The Kier molecular flexibility index (Phi) is 5.15. The Labute approximate surface area is 114 Å². The molecule has 1 aliphatic heterocycles. The monoisotopic (exact) mass is 268 g/mol. The van der Waals surface area contributed by atoms with Crippen LogP contribution >= 0.6 is 0 Å². The molecule has 6 heteroatoms. The van der Waals surface area contributed by atoms with Crippen LogP contribution in [0, 0.1) is 5.92 Å². The number of aromatic nitrogens is 2.